The van der Waals surface area contributed by atoms with Crippen LogP contribution in [0.1, 0.15) is 28.9 Å². The zero-order valence-corrected chi connectivity index (χ0v) is 13.7. The van der Waals surface area contributed by atoms with Crippen molar-refractivity contribution in [3.63, 3.8) is 0 Å². The quantitative estimate of drug-likeness (QED) is 0.758. The fraction of sp³-hybridized carbons (Fsp3) is 0.278. The minimum atomic E-state index is -0.949. The fourth-order valence-electron chi connectivity index (χ4n) is 2.27. The molecule has 0 spiro atoms. The standard InChI is InChI=1S/C18H20O6/c1-11(18(21)13-5-6-14(20)16(9-13)22-2)24-15-7-4-12(10-19)8-17(15)23-3/h4-11,18,20-21H,1-3H3/t11-,18+/m1/s1. The molecule has 6 heteroatoms. The number of hydrogen-bond acceptors (Lipinski definition) is 6. The smallest absolute Gasteiger partial charge is 0.161 e. The Morgan fingerprint density at radius 1 is 1.00 bits per heavy atom. The molecule has 0 aliphatic carbocycles. The van der Waals surface area contributed by atoms with Crippen LogP contribution in [-0.4, -0.2) is 36.8 Å². The summed E-state index contributed by atoms with van der Waals surface area (Å²) in [7, 11) is 2.91. The zero-order valence-electron chi connectivity index (χ0n) is 13.7. The Bertz CT molecular complexity index is 713. The average Bonchev–Trinajstić information content (AvgIpc) is 2.61. The summed E-state index contributed by atoms with van der Waals surface area (Å²) in [5.74, 6) is 1.09. The number of carbonyl (C=O) groups is 1. The Kier molecular flexibility index (Phi) is 5.65. The van der Waals surface area contributed by atoms with Crippen molar-refractivity contribution in [3.8, 4) is 23.0 Å². The van der Waals surface area contributed by atoms with E-state index in [1.54, 1.807) is 37.3 Å². The molecule has 128 valence electrons. The van der Waals surface area contributed by atoms with E-state index in [1.807, 2.05) is 0 Å². The molecule has 0 saturated carbocycles. The molecule has 0 aliphatic rings. The molecule has 0 aromatic heterocycles. The van der Waals surface area contributed by atoms with Gasteiger partial charge in [-0.15, -0.1) is 0 Å². The second-order valence-electron chi connectivity index (χ2n) is 5.23. The minimum Gasteiger partial charge on any atom is -0.504 e. The number of aromatic hydroxyl groups is 1. The van der Waals surface area contributed by atoms with Crippen LogP contribution in [0, 0.1) is 0 Å². The number of phenolic OH excluding ortho intramolecular Hbond substituents is 1. The summed E-state index contributed by atoms with van der Waals surface area (Å²) in [6, 6.07) is 9.37. The van der Waals surface area contributed by atoms with Crippen molar-refractivity contribution in [3.05, 3.63) is 47.5 Å². The molecule has 2 aromatic rings. The number of aliphatic hydroxyl groups excluding tert-OH is 1. The number of methoxy groups -OCH3 is 2. The number of phenols is 1. The van der Waals surface area contributed by atoms with Gasteiger partial charge in [0.25, 0.3) is 0 Å². The second-order valence-corrected chi connectivity index (χ2v) is 5.23. The van der Waals surface area contributed by atoms with Crippen LogP contribution < -0.4 is 14.2 Å². The predicted octanol–water partition coefficient (Wildman–Crippen LogP) is 2.72. The summed E-state index contributed by atoms with van der Waals surface area (Å²) in [5, 5.41) is 20.1. The van der Waals surface area contributed by atoms with Gasteiger partial charge in [-0.2, -0.15) is 0 Å². The summed E-state index contributed by atoms with van der Waals surface area (Å²) in [6.45, 7) is 1.71. The maximum Gasteiger partial charge on any atom is 0.161 e. The van der Waals surface area contributed by atoms with Gasteiger partial charge in [-0.25, -0.2) is 0 Å². The molecule has 2 rings (SSSR count). The number of hydrogen-bond donors (Lipinski definition) is 2. The highest BCUT2D eigenvalue weighted by atomic mass is 16.5. The van der Waals surface area contributed by atoms with Crippen LogP contribution in [0.5, 0.6) is 23.0 Å². The molecule has 2 aromatic carbocycles. The minimum absolute atomic E-state index is 0.00635. The maximum absolute atomic E-state index is 10.8. The lowest BCUT2D eigenvalue weighted by Gasteiger charge is -2.22. The van der Waals surface area contributed by atoms with Gasteiger partial charge in [-0.3, -0.25) is 4.79 Å². The summed E-state index contributed by atoms with van der Waals surface area (Å²) < 4.78 is 16.0. The Labute approximate surface area is 140 Å². The van der Waals surface area contributed by atoms with E-state index in [2.05, 4.69) is 0 Å². The van der Waals surface area contributed by atoms with Gasteiger partial charge in [-0.05, 0) is 42.8 Å². The molecular weight excluding hydrogens is 312 g/mol. The number of benzene rings is 2. The number of aliphatic hydroxyl groups is 1. The van der Waals surface area contributed by atoms with Crippen LogP contribution in [0.25, 0.3) is 0 Å². The molecule has 0 amide bonds. The molecule has 0 bridgehead atoms. The van der Waals surface area contributed by atoms with E-state index < -0.39 is 12.2 Å². The van der Waals surface area contributed by atoms with Crippen molar-refractivity contribution in [1.29, 1.82) is 0 Å². The second kappa shape index (κ2) is 7.70. The SMILES string of the molecule is COc1cc([C@@H](O)[C@@H](C)Oc2ccc(C=O)cc2OC)ccc1O. The lowest BCUT2D eigenvalue weighted by molar-refractivity contribution is 0.0449. The fourth-order valence-corrected chi connectivity index (χ4v) is 2.27. The maximum atomic E-state index is 10.8. The molecule has 0 fully saturated rings. The van der Waals surface area contributed by atoms with Crippen LogP contribution in [0.4, 0.5) is 0 Å². The van der Waals surface area contributed by atoms with Crippen molar-refractivity contribution in [2.75, 3.05) is 14.2 Å². The number of rotatable bonds is 7. The topological polar surface area (TPSA) is 85.2 Å². The van der Waals surface area contributed by atoms with Crippen LogP contribution in [0.2, 0.25) is 0 Å². The Balaban J connectivity index is 2.20. The number of ether oxygens (including phenoxy) is 3. The van der Waals surface area contributed by atoms with E-state index in [1.165, 1.54) is 20.3 Å². The van der Waals surface area contributed by atoms with Crippen LogP contribution >= 0.6 is 0 Å². The Morgan fingerprint density at radius 3 is 2.33 bits per heavy atom. The lowest BCUT2D eigenvalue weighted by Crippen LogP contribution is -2.22. The summed E-state index contributed by atoms with van der Waals surface area (Å²) in [4.78, 5) is 10.8. The van der Waals surface area contributed by atoms with Crippen molar-refractivity contribution in [1.82, 2.24) is 0 Å². The monoisotopic (exact) mass is 332 g/mol. The van der Waals surface area contributed by atoms with Crippen LogP contribution in [0.3, 0.4) is 0 Å². The molecular formula is C18H20O6. The van der Waals surface area contributed by atoms with Gasteiger partial charge in [-0.1, -0.05) is 6.07 Å². The van der Waals surface area contributed by atoms with E-state index >= 15 is 0 Å². The first-order chi connectivity index (χ1) is 11.5. The highest BCUT2D eigenvalue weighted by Crippen LogP contribution is 2.33. The predicted molar refractivity (Wildman–Crippen MR) is 88.1 cm³/mol. The zero-order chi connectivity index (χ0) is 17.7. The molecule has 0 unspecified atom stereocenters. The lowest BCUT2D eigenvalue weighted by atomic mass is 10.0. The largest absolute Gasteiger partial charge is 0.504 e. The first-order valence-electron chi connectivity index (χ1n) is 7.35. The highest BCUT2D eigenvalue weighted by Gasteiger charge is 2.21. The molecule has 2 N–H and O–H groups in total. The van der Waals surface area contributed by atoms with E-state index in [4.69, 9.17) is 14.2 Å². The first kappa shape index (κ1) is 17.6. The Morgan fingerprint density at radius 2 is 1.71 bits per heavy atom. The van der Waals surface area contributed by atoms with Gasteiger partial charge in [0, 0.05) is 5.56 Å². The van der Waals surface area contributed by atoms with Gasteiger partial charge in [0.2, 0.25) is 0 Å². The molecule has 24 heavy (non-hydrogen) atoms. The van der Waals surface area contributed by atoms with Gasteiger partial charge >= 0.3 is 0 Å². The van der Waals surface area contributed by atoms with Gasteiger partial charge in [0.15, 0.2) is 23.0 Å². The molecule has 0 radical (unpaired) electrons. The number of aldehydes is 1. The van der Waals surface area contributed by atoms with Crippen molar-refractivity contribution in [2.24, 2.45) is 0 Å². The number of carbonyl (C=O) groups excluding carboxylic acids is 1. The third-order valence-electron chi connectivity index (χ3n) is 3.63. The van der Waals surface area contributed by atoms with Crippen molar-refractivity contribution in [2.45, 2.75) is 19.1 Å². The van der Waals surface area contributed by atoms with Crippen molar-refractivity contribution < 1.29 is 29.2 Å². The van der Waals surface area contributed by atoms with Crippen LogP contribution in [-0.2, 0) is 0 Å². The van der Waals surface area contributed by atoms with Gasteiger partial charge < -0.3 is 24.4 Å². The summed E-state index contributed by atoms with van der Waals surface area (Å²) >= 11 is 0. The molecule has 0 heterocycles. The van der Waals surface area contributed by atoms with Crippen molar-refractivity contribution >= 4 is 6.29 Å². The van der Waals surface area contributed by atoms with E-state index in [0.717, 1.165) is 0 Å². The summed E-state index contributed by atoms with van der Waals surface area (Å²) in [5.41, 5.74) is 1.01. The van der Waals surface area contributed by atoms with Crippen LogP contribution in [0.15, 0.2) is 36.4 Å². The molecule has 6 nitrogen and oxygen atoms in total. The summed E-state index contributed by atoms with van der Waals surface area (Å²) in [6.07, 6.45) is -0.835. The normalized spacial score (nSPS) is 13.0. The molecule has 2 atom stereocenters. The first-order valence-corrected chi connectivity index (χ1v) is 7.35. The van der Waals surface area contributed by atoms with E-state index in [0.29, 0.717) is 28.9 Å². The van der Waals surface area contributed by atoms with Gasteiger partial charge in [0.05, 0.1) is 14.2 Å². The molecule has 0 aliphatic heterocycles. The highest BCUT2D eigenvalue weighted by molar-refractivity contribution is 5.76. The third-order valence-corrected chi connectivity index (χ3v) is 3.63. The van der Waals surface area contributed by atoms with E-state index in [9.17, 15) is 15.0 Å². The average molecular weight is 332 g/mol. The third kappa shape index (κ3) is 3.78. The van der Waals surface area contributed by atoms with E-state index in [-0.39, 0.29) is 11.5 Å². The van der Waals surface area contributed by atoms with Gasteiger partial charge in [0.1, 0.15) is 18.5 Å². The Hall–Kier alpha value is -2.73. The molecule has 0 saturated heterocycles.